The molecule has 0 saturated carbocycles. The lowest BCUT2D eigenvalue weighted by Crippen LogP contribution is -2.13. The maximum atomic E-state index is 11.9. The minimum atomic E-state index is -3.69. The minimum Gasteiger partial charge on any atom is -0.326 e. The third kappa shape index (κ3) is 4.95. The lowest BCUT2D eigenvalue weighted by Gasteiger charge is -2.06. The highest BCUT2D eigenvalue weighted by Crippen LogP contribution is 2.12. The smallest absolute Gasteiger partial charge is 0.238 e. The standard InChI is InChI=1S/C17H16N2O3S/c1-2-13-4-3-5-15(12-13)19-17(20)11-8-14-6-9-16(10-7-14)23(18,21)22/h1,3-7,9-10,12H,8,11H2,(H,19,20)(H2,18,21,22). The molecule has 0 aliphatic rings. The van der Waals surface area contributed by atoms with Crippen LogP contribution >= 0.6 is 0 Å². The first-order chi connectivity index (χ1) is 10.9. The van der Waals surface area contributed by atoms with Crippen LogP contribution in [0.2, 0.25) is 0 Å². The van der Waals surface area contributed by atoms with E-state index in [0.29, 0.717) is 17.7 Å². The highest BCUT2D eigenvalue weighted by Gasteiger charge is 2.08. The quantitative estimate of drug-likeness (QED) is 0.821. The number of hydrogen-bond donors (Lipinski definition) is 2. The van der Waals surface area contributed by atoms with E-state index in [1.165, 1.54) is 12.1 Å². The van der Waals surface area contributed by atoms with Gasteiger partial charge in [0.15, 0.2) is 0 Å². The van der Waals surface area contributed by atoms with E-state index in [2.05, 4.69) is 11.2 Å². The van der Waals surface area contributed by atoms with Crippen LogP contribution < -0.4 is 10.5 Å². The maximum Gasteiger partial charge on any atom is 0.238 e. The van der Waals surface area contributed by atoms with Crippen LogP contribution in [0.1, 0.15) is 17.5 Å². The number of hydrogen-bond acceptors (Lipinski definition) is 3. The Morgan fingerprint density at radius 2 is 1.87 bits per heavy atom. The summed E-state index contributed by atoms with van der Waals surface area (Å²) in [5.41, 5.74) is 2.20. The Balaban J connectivity index is 1.93. The Hall–Kier alpha value is -2.62. The molecule has 23 heavy (non-hydrogen) atoms. The molecule has 0 heterocycles. The van der Waals surface area contributed by atoms with E-state index in [1.807, 2.05) is 0 Å². The first-order valence-corrected chi connectivity index (χ1v) is 8.41. The number of benzene rings is 2. The number of carbonyl (C=O) groups is 1. The van der Waals surface area contributed by atoms with Crippen molar-refractivity contribution in [2.75, 3.05) is 5.32 Å². The van der Waals surface area contributed by atoms with Crippen LogP contribution in [0.25, 0.3) is 0 Å². The minimum absolute atomic E-state index is 0.0526. The third-order valence-corrected chi connectivity index (χ3v) is 4.13. The number of primary sulfonamides is 1. The predicted molar refractivity (Wildman–Crippen MR) is 89.1 cm³/mol. The molecule has 2 aromatic carbocycles. The van der Waals surface area contributed by atoms with Crippen molar-refractivity contribution in [2.24, 2.45) is 5.14 Å². The van der Waals surface area contributed by atoms with Gasteiger partial charge in [-0.25, -0.2) is 13.6 Å². The number of nitrogens with one attached hydrogen (secondary N) is 1. The van der Waals surface area contributed by atoms with Gasteiger partial charge in [-0.15, -0.1) is 6.42 Å². The van der Waals surface area contributed by atoms with Crippen LogP contribution in [0, 0.1) is 12.3 Å². The number of terminal acetylenes is 1. The second-order valence-electron chi connectivity index (χ2n) is 4.96. The van der Waals surface area contributed by atoms with Gasteiger partial charge in [0.05, 0.1) is 4.90 Å². The van der Waals surface area contributed by atoms with Gasteiger partial charge in [0.25, 0.3) is 0 Å². The van der Waals surface area contributed by atoms with Crippen LogP contribution in [0.4, 0.5) is 5.69 Å². The SMILES string of the molecule is C#Cc1cccc(NC(=O)CCc2ccc(S(N)(=O)=O)cc2)c1. The molecule has 0 fully saturated rings. The Morgan fingerprint density at radius 1 is 1.17 bits per heavy atom. The zero-order chi connectivity index (χ0) is 16.9. The topological polar surface area (TPSA) is 89.3 Å². The Labute approximate surface area is 135 Å². The molecule has 118 valence electrons. The molecule has 2 rings (SSSR count). The lowest BCUT2D eigenvalue weighted by atomic mass is 10.1. The molecule has 0 bridgehead atoms. The first kappa shape index (κ1) is 16.7. The van der Waals surface area contributed by atoms with Gasteiger partial charge in [0, 0.05) is 17.7 Å². The third-order valence-electron chi connectivity index (χ3n) is 3.21. The summed E-state index contributed by atoms with van der Waals surface area (Å²) in [7, 11) is -3.69. The summed E-state index contributed by atoms with van der Waals surface area (Å²) in [6.07, 6.45) is 6.08. The van der Waals surface area contributed by atoms with Crippen molar-refractivity contribution in [1.29, 1.82) is 0 Å². The highest BCUT2D eigenvalue weighted by atomic mass is 32.2. The average molecular weight is 328 g/mol. The molecule has 5 nitrogen and oxygen atoms in total. The maximum absolute atomic E-state index is 11.9. The Bertz CT molecular complexity index is 850. The van der Waals surface area contributed by atoms with E-state index in [4.69, 9.17) is 11.6 Å². The summed E-state index contributed by atoms with van der Waals surface area (Å²) in [4.78, 5) is 12.0. The van der Waals surface area contributed by atoms with Gasteiger partial charge in [0.1, 0.15) is 0 Å². The molecule has 0 radical (unpaired) electrons. The molecule has 0 atom stereocenters. The van der Waals surface area contributed by atoms with Crippen molar-refractivity contribution in [3.8, 4) is 12.3 Å². The van der Waals surface area contributed by atoms with E-state index >= 15 is 0 Å². The second kappa shape index (κ2) is 7.09. The van der Waals surface area contributed by atoms with Crippen LogP contribution in [0.15, 0.2) is 53.4 Å². The molecule has 0 unspecified atom stereocenters. The molecule has 3 N–H and O–H groups in total. The van der Waals surface area contributed by atoms with Gasteiger partial charge in [-0.1, -0.05) is 24.1 Å². The summed E-state index contributed by atoms with van der Waals surface area (Å²) in [6.45, 7) is 0. The van der Waals surface area contributed by atoms with Gasteiger partial charge >= 0.3 is 0 Å². The van der Waals surface area contributed by atoms with Crippen molar-refractivity contribution in [3.05, 3.63) is 59.7 Å². The largest absolute Gasteiger partial charge is 0.326 e. The molecule has 0 aromatic heterocycles. The van der Waals surface area contributed by atoms with E-state index < -0.39 is 10.0 Å². The van der Waals surface area contributed by atoms with Crippen molar-refractivity contribution in [2.45, 2.75) is 17.7 Å². The second-order valence-corrected chi connectivity index (χ2v) is 6.52. The fourth-order valence-corrected chi connectivity index (χ4v) is 2.53. The molecule has 0 aliphatic carbocycles. The summed E-state index contributed by atoms with van der Waals surface area (Å²) in [5.74, 6) is 2.36. The van der Waals surface area contributed by atoms with Crippen LogP contribution in [-0.2, 0) is 21.2 Å². The van der Waals surface area contributed by atoms with Crippen LogP contribution in [0.5, 0.6) is 0 Å². The summed E-state index contributed by atoms with van der Waals surface area (Å²) in [6, 6.07) is 13.2. The number of rotatable bonds is 5. The van der Waals surface area contributed by atoms with Gasteiger partial charge in [-0.2, -0.15) is 0 Å². The molecular formula is C17H16N2O3S. The number of amides is 1. The first-order valence-electron chi connectivity index (χ1n) is 6.87. The zero-order valence-electron chi connectivity index (χ0n) is 12.3. The normalized spacial score (nSPS) is 10.8. The zero-order valence-corrected chi connectivity index (χ0v) is 13.1. The van der Waals surface area contributed by atoms with Crippen LogP contribution in [0.3, 0.4) is 0 Å². The fraction of sp³-hybridized carbons (Fsp3) is 0.118. The number of carbonyl (C=O) groups excluding carboxylic acids is 1. The predicted octanol–water partition coefficient (Wildman–Crippen LogP) is 1.89. The molecule has 1 amide bonds. The van der Waals surface area contributed by atoms with E-state index in [-0.39, 0.29) is 17.2 Å². The van der Waals surface area contributed by atoms with E-state index in [0.717, 1.165) is 5.56 Å². The number of nitrogens with two attached hydrogens (primary N) is 1. The van der Waals surface area contributed by atoms with Gasteiger partial charge in [-0.3, -0.25) is 4.79 Å². The van der Waals surface area contributed by atoms with Crippen molar-refractivity contribution >= 4 is 21.6 Å². The molecule has 0 saturated heterocycles. The Morgan fingerprint density at radius 3 is 2.48 bits per heavy atom. The summed E-state index contributed by atoms with van der Waals surface area (Å²) >= 11 is 0. The van der Waals surface area contributed by atoms with Gasteiger partial charge < -0.3 is 5.32 Å². The van der Waals surface area contributed by atoms with Gasteiger partial charge in [-0.05, 0) is 42.3 Å². The fourth-order valence-electron chi connectivity index (χ4n) is 2.01. The lowest BCUT2D eigenvalue weighted by molar-refractivity contribution is -0.116. The highest BCUT2D eigenvalue weighted by molar-refractivity contribution is 7.89. The van der Waals surface area contributed by atoms with E-state index in [1.54, 1.807) is 36.4 Å². The molecular weight excluding hydrogens is 312 g/mol. The van der Waals surface area contributed by atoms with Crippen LogP contribution in [-0.4, -0.2) is 14.3 Å². The Kier molecular flexibility index (Phi) is 5.16. The number of aryl methyl sites for hydroxylation is 1. The monoisotopic (exact) mass is 328 g/mol. The molecule has 0 aliphatic heterocycles. The number of anilines is 1. The van der Waals surface area contributed by atoms with Gasteiger partial charge in [0.2, 0.25) is 15.9 Å². The summed E-state index contributed by atoms with van der Waals surface area (Å²) in [5, 5.41) is 7.80. The van der Waals surface area contributed by atoms with Crippen molar-refractivity contribution in [1.82, 2.24) is 0 Å². The van der Waals surface area contributed by atoms with E-state index in [9.17, 15) is 13.2 Å². The van der Waals surface area contributed by atoms with Crippen molar-refractivity contribution in [3.63, 3.8) is 0 Å². The number of sulfonamides is 1. The summed E-state index contributed by atoms with van der Waals surface area (Å²) < 4.78 is 22.3. The van der Waals surface area contributed by atoms with Crippen molar-refractivity contribution < 1.29 is 13.2 Å². The molecule has 6 heteroatoms. The average Bonchev–Trinajstić information content (AvgIpc) is 2.52. The molecule has 2 aromatic rings. The molecule has 0 spiro atoms.